The smallest absolute Gasteiger partial charge is 0.419 e. The average molecular weight is 544 g/mol. The summed E-state index contributed by atoms with van der Waals surface area (Å²) in [5.41, 5.74) is -1.22. The summed E-state index contributed by atoms with van der Waals surface area (Å²) in [6, 6.07) is 3.94. The first-order valence-corrected chi connectivity index (χ1v) is 11.1. The number of halogens is 7. The van der Waals surface area contributed by atoms with Gasteiger partial charge >= 0.3 is 12.4 Å². The summed E-state index contributed by atoms with van der Waals surface area (Å²) in [4.78, 5) is 8.18. The van der Waals surface area contributed by atoms with E-state index in [0.717, 1.165) is 34.8 Å². The third-order valence-electron chi connectivity index (χ3n) is 5.66. The van der Waals surface area contributed by atoms with E-state index in [2.05, 4.69) is 27.0 Å². The van der Waals surface area contributed by atoms with Crippen LogP contribution in [0.2, 0.25) is 5.02 Å². The van der Waals surface area contributed by atoms with Gasteiger partial charge in [0.2, 0.25) is 5.82 Å². The molecule has 194 valence electrons. The molecule has 1 fully saturated rings. The van der Waals surface area contributed by atoms with Gasteiger partial charge in [-0.1, -0.05) is 23.3 Å². The minimum absolute atomic E-state index is 0.00519. The molecule has 4 heterocycles. The number of ether oxygens (including phenoxy) is 1. The van der Waals surface area contributed by atoms with Crippen molar-refractivity contribution in [1.29, 1.82) is 0 Å². The summed E-state index contributed by atoms with van der Waals surface area (Å²) in [5.74, 6) is -0.751. The Kier molecular flexibility index (Phi) is 6.05. The minimum Gasteiger partial charge on any atom is -0.491 e. The number of nitrogens with one attached hydrogen (secondary N) is 1. The Hall–Kier alpha value is -3.74. The largest absolute Gasteiger partial charge is 0.491 e. The molecule has 4 aromatic rings. The fourth-order valence-corrected chi connectivity index (χ4v) is 4.13. The van der Waals surface area contributed by atoms with Gasteiger partial charge in [-0.2, -0.15) is 31.3 Å². The van der Waals surface area contributed by atoms with E-state index in [1.165, 1.54) is 18.3 Å². The molecule has 0 saturated carbocycles. The molecule has 0 amide bonds. The van der Waals surface area contributed by atoms with Crippen molar-refractivity contribution in [2.75, 3.05) is 6.61 Å². The molecule has 7 nitrogen and oxygen atoms in total. The van der Waals surface area contributed by atoms with Crippen LogP contribution in [0.1, 0.15) is 24.0 Å². The zero-order valence-corrected chi connectivity index (χ0v) is 19.4. The highest BCUT2D eigenvalue weighted by atomic mass is 35.5. The van der Waals surface area contributed by atoms with E-state index in [1.54, 1.807) is 0 Å². The molecule has 1 aliphatic heterocycles. The second-order valence-electron chi connectivity index (χ2n) is 8.36. The lowest BCUT2D eigenvalue weighted by Crippen LogP contribution is -2.27. The van der Waals surface area contributed by atoms with Crippen LogP contribution in [0.4, 0.5) is 26.3 Å². The van der Waals surface area contributed by atoms with Crippen LogP contribution in [0.15, 0.2) is 53.5 Å². The Morgan fingerprint density at radius 2 is 1.89 bits per heavy atom. The summed E-state index contributed by atoms with van der Waals surface area (Å²) in [5, 5.41) is 6.50. The van der Waals surface area contributed by atoms with Crippen LogP contribution in [-0.2, 0) is 12.4 Å². The molecule has 1 N–H and O–H groups in total. The zero-order chi connectivity index (χ0) is 26.5. The maximum atomic E-state index is 13.8. The summed E-state index contributed by atoms with van der Waals surface area (Å²) in [6.07, 6.45) is -5.94. The van der Waals surface area contributed by atoms with Gasteiger partial charge in [0.1, 0.15) is 18.1 Å². The fourth-order valence-electron chi connectivity index (χ4n) is 3.87. The Bertz CT molecular complexity index is 1490. The number of fused-ring (bicyclic) bond motifs is 1. The number of nitrogens with zero attached hydrogens (tertiary/aromatic N) is 4. The van der Waals surface area contributed by atoms with Gasteiger partial charge in [-0.05, 0) is 37.1 Å². The van der Waals surface area contributed by atoms with Gasteiger partial charge in [0.05, 0.1) is 22.2 Å². The normalized spacial score (nSPS) is 16.4. The van der Waals surface area contributed by atoms with Crippen molar-refractivity contribution in [3.8, 4) is 28.7 Å². The number of hydrogen-bond acceptors (Lipinski definition) is 6. The zero-order valence-electron chi connectivity index (χ0n) is 18.6. The fraction of sp³-hybridized carbons (Fsp3) is 0.261. The number of allylic oxidation sites excluding steroid dienone is 1. The third kappa shape index (κ3) is 5.08. The number of hydrogen-bond donors (Lipinski definition) is 1. The number of rotatable bonds is 5. The maximum Gasteiger partial charge on any atom is 0.419 e. The molecular weight excluding hydrogens is 528 g/mol. The quantitative estimate of drug-likeness (QED) is 0.294. The summed E-state index contributed by atoms with van der Waals surface area (Å²) in [7, 11) is 0. The van der Waals surface area contributed by atoms with Crippen molar-refractivity contribution in [3.05, 3.63) is 65.1 Å². The van der Waals surface area contributed by atoms with Crippen LogP contribution in [0.5, 0.6) is 5.75 Å². The van der Waals surface area contributed by atoms with E-state index in [0.29, 0.717) is 6.42 Å². The molecule has 1 unspecified atom stereocenters. The molecule has 1 atom stereocenters. The topological polar surface area (TPSA) is 77.5 Å². The van der Waals surface area contributed by atoms with Crippen molar-refractivity contribution in [1.82, 2.24) is 24.8 Å². The van der Waals surface area contributed by atoms with Gasteiger partial charge in [0, 0.05) is 23.7 Å². The highest BCUT2D eigenvalue weighted by Gasteiger charge is 2.36. The van der Waals surface area contributed by atoms with E-state index in [4.69, 9.17) is 20.9 Å². The summed E-state index contributed by atoms with van der Waals surface area (Å²) in [6.45, 7) is 3.82. The van der Waals surface area contributed by atoms with Crippen molar-refractivity contribution < 1.29 is 35.6 Å². The Labute approximate surface area is 209 Å². The average Bonchev–Trinajstić information content (AvgIpc) is 3.55. The number of alkyl halides is 6. The molecule has 1 saturated heterocycles. The van der Waals surface area contributed by atoms with Gasteiger partial charge in [-0.15, -0.1) is 0 Å². The highest BCUT2D eigenvalue weighted by Crippen LogP contribution is 2.39. The maximum absolute atomic E-state index is 13.8. The van der Waals surface area contributed by atoms with Gasteiger partial charge in [0.25, 0.3) is 5.89 Å². The second kappa shape index (κ2) is 8.98. The van der Waals surface area contributed by atoms with E-state index in [1.807, 2.05) is 0 Å². The molecule has 1 aromatic carbocycles. The van der Waals surface area contributed by atoms with E-state index in [9.17, 15) is 26.3 Å². The Morgan fingerprint density at radius 3 is 2.57 bits per heavy atom. The van der Waals surface area contributed by atoms with Gasteiger partial charge in [0.15, 0.2) is 5.65 Å². The summed E-state index contributed by atoms with van der Waals surface area (Å²) < 4.78 is 92.2. The van der Waals surface area contributed by atoms with Crippen LogP contribution >= 0.6 is 11.6 Å². The van der Waals surface area contributed by atoms with Crippen molar-refractivity contribution in [3.63, 3.8) is 0 Å². The van der Waals surface area contributed by atoms with Crippen LogP contribution in [0.25, 0.3) is 28.6 Å². The van der Waals surface area contributed by atoms with E-state index in [-0.39, 0.29) is 52.0 Å². The molecule has 3 aromatic heterocycles. The Morgan fingerprint density at radius 1 is 1.11 bits per heavy atom. The van der Waals surface area contributed by atoms with Gasteiger partial charge in [-0.3, -0.25) is 0 Å². The Balaban J connectivity index is 1.43. The van der Waals surface area contributed by atoms with E-state index < -0.39 is 23.5 Å². The summed E-state index contributed by atoms with van der Waals surface area (Å²) >= 11 is 5.94. The molecule has 37 heavy (non-hydrogen) atoms. The molecule has 0 spiro atoms. The third-order valence-corrected chi connectivity index (χ3v) is 5.94. The number of benzene rings is 1. The number of aromatic nitrogens is 4. The van der Waals surface area contributed by atoms with E-state index >= 15 is 0 Å². The first kappa shape index (κ1) is 24.9. The molecule has 1 aliphatic rings. The molecule has 0 bridgehead atoms. The lowest BCUT2D eigenvalue weighted by molar-refractivity contribution is -0.139. The highest BCUT2D eigenvalue weighted by molar-refractivity contribution is 6.33. The van der Waals surface area contributed by atoms with Gasteiger partial charge < -0.3 is 19.0 Å². The first-order valence-electron chi connectivity index (χ1n) is 10.8. The lowest BCUT2D eigenvalue weighted by atomic mass is 10.1. The standard InChI is InChI=1S/C23H16ClF6N5O2/c1-11-2-4-14(31-11)10-36-18-5-3-12(6-15(18)23(28,29)30)19-33-21(37-34-19)17-9-35-8-13(22(25,26)27)7-16(24)20(35)32-17/h3,5-9,14,31H,1-2,4,10H2. The first-order chi connectivity index (χ1) is 17.4. The van der Waals surface area contributed by atoms with Gasteiger partial charge in [-0.25, -0.2) is 4.98 Å². The number of imidazole rings is 1. The lowest BCUT2D eigenvalue weighted by Gasteiger charge is -2.17. The van der Waals surface area contributed by atoms with Crippen LogP contribution in [-0.4, -0.2) is 32.2 Å². The number of pyridine rings is 1. The molecule has 5 rings (SSSR count). The SMILES string of the molecule is C=C1CCC(COc2ccc(-c3noc(-c4cn5cc(C(F)(F)F)cc(Cl)c5n4)n3)cc2C(F)(F)F)N1. The predicted molar refractivity (Wildman–Crippen MR) is 120 cm³/mol. The predicted octanol–water partition coefficient (Wildman–Crippen LogP) is 6.39. The van der Waals surface area contributed by atoms with Crippen LogP contribution in [0.3, 0.4) is 0 Å². The monoisotopic (exact) mass is 543 g/mol. The van der Waals surface area contributed by atoms with Crippen LogP contribution < -0.4 is 10.1 Å². The molecule has 14 heteroatoms. The second-order valence-corrected chi connectivity index (χ2v) is 8.77. The molecular formula is C23H16ClF6N5O2. The minimum atomic E-state index is -4.72. The molecule has 0 aliphatic carbocycles. The van der Waals surface area contributed by atoms with Crippen molar-refractivity contribution >= 4 is 17.2 Å². The van der Waals surface area contributed by atoms with Crippen LogP contribution in [0, 0.1) is 0 Å². The molecule has 0 radical (unpaired) electrons. The van der Waals surface area contributed by atoms with Crippen molar-refractivity contribution in [2.24, 2.45) is 0 Å². The van der Waals surface area contributed by atoms with Crippen molar-refractivity contribution in [2.45, 2.75) is 31.2 Å².